The fraction of sp³-hybridized carbons (Fsp3) is 0.273. The SMILES string of the molecule is CC(=O)Nc1ccc(C2=C(N3CCN(c4ccccn4)CC3)C(=O)N(C)C2=O)cc1. The van der Waals surface area contributed by atoms with Crippen LogP contribution in [0.2, 0.25) is 0 Å². The Morgan fingerprint density at radius 2 is 1.60 bits per heavy atom. The molecule has 0 bridgehead atoms. The van der Waals surface area contributed by atoms with Crippen LogP contribution in [0.4, 0.5) is 11.5 Å². The number of nitrogens with zero attached hydrogens (tertiary/aromatic N) is 4. The molecule has 2 aliphatic rings. The first-order valence-corrected chi connectivity index (χ1v) is 9.81. The monoisotopic (exact) mass is 405 g/mol. The third-order valence-electron chi connectivity index (χ3n) is 5.33. The summed E-state index contributed by atoms with van der Waals surface area (Å²) in [4.78, 5) is 46.7. The van der Waals surface area contributed by atoms with Crippen molar-refractivity contribution in [3.63, 3.8) is 0 Å². The highest BCUT2D eigenvalue weighted by atomic mass is 16.2. The molecule has 0 unspecified atom stereocenters. The number of likely N-dealkylation sites (N-methyl/N-ethyl adjacent to an activating group) is 1. The zero-order valence-electron chi connectivity index (χ0n) is 17.0. The van der Waals surface area contributed by atoms with Crippen molar-refractivity contribution in [3.05, 3.63) is 59.9 Å². The van der Waals surface area contributed by atoms with Gasteiger partial charge in [0, 0.05) is 52.0 Å². The molecule has 1 aromatic heterocycles. The summed E-state index contributed by atoms with van der Waals surface area (Å²) in [6.07, 6.45) is 1.76. The zero-order valence-corrected chi connectivity index (χ0v) is 17.0. The largest absolute Gasteiger partial charge is 0.363 e. The topological polar surface area (TPSA) is 85.8 Å². The van der Waals surface area contributed by atoms with Gasteiger partial charge < -0.3 is 15.1 Å². The van der Waals surface area contributed by atoms with Crippen LogP contribution in [0.25, 0.3) is 5.57 Å². The number of piperazine rings is 1. The van der Waals surface area contributed by atoms with Crippen molar-refractivity contribution in [2.24, 2.45) is 0 Å². The Balaban J connectivity index is 1.60. The minimum absolute atomic E-state index is 0.166. The van der Waals surface area contributed by atoms with Crippen molar-refractivity contribution >= 4 is 34.8 Å². The van der Waals surface area contributed by atoms with Crippen LogP contribution in [0, 0.1) is 0 Å². The van der Waals surface area contributed by atoms with Gasteiger partial charge in [-0.15, -0.1) is 0 Å². The number of carbonyl (C=O) groups is 3. The fourth-order valence-electron chi connectivity index (χ4n) is 3.80. The van der Waals surface area contributed by atoms with E-state index in [1.807, 2.05) is 23.1 Å². The van der Waals surface area contributed by atoms with Crippen molar-refractivity contribution in [2.75, 3.05) is 43.4 Å². The number of anilines is 2. The number of hydrogen-bond donors (Lipinski definition) is 1. The number of hydrogen-bond acceptors (Lipinski definition) is 6. The minimum atomic E-state index is -0.311. The first kappa shape index (κ1) is 19.6. The Kier molecular flexibility index (Phi) is 5.22. The molecule has 0 atom stereocenters. The average molecular weight is 405 g/mol. The third kappa shape index (κ3) is 3.63. The van der Waals surface area contributed by atoms with Gasteiger partial charge in [0.25, 0.3) is 11.8 Å². The van der Waals surface area contributed by atoms with Crippen molar-refractivity contribution in [3.8, 4) is 0 Å². The van der Waals surface area contributed by atoms with Crippen LogP contribution in [0.1, 0.15) is 12.5 Å². The van der Waals surface area contributed by atoms with E-state index in [1.165, 1.54) is 14.0 Å². The normalized spacial score (nSPS) is 17.1. The van der Waals surface area contributed by atoms with Crippen molar-refractivity contribution in [2.45, 2.75) is 6.92 Å². The number of rotatable bonds is 4. The van der Waals surface area contributed by atoms with E-state index in [0.29, 0.717) is 48.7 Å². The lowest BCUT2D eigenvalue weighted by atomic mass is 10.0. The van der Waals surface area contributed by atoms with Crippen molar-refractivity contribution in [1.29, 1.82) is 0 Å². The Bertz CT molecular complexity index is 1010. The number of amides is 3. The van der Waals surface area contributed by atoms with E-state index in [-0.39, 0.29) is 17.7 Å². The standard InChI is InChI=1S/C22H23N5O3/c1-15(28)24-17-8-6-16(7-9-17)19-20(22(30)25(2)21(19)29)27-13-11-26(12-14-27)18-5-3-4-10-23-18/h3-10H,11-14H2,1-2H3,(H,24,28). The van der Waals surface area contributed by atoms with Crippen LogP contribution >= 0.6 is 0 Å². The molecule has 1 aromatic carbocycles. The van der Waals surface area contributed by atoms with Crippen molar-refractivity contribution in [1.82, 2.24) is 14.8 Å². The summed E-state index contributed by atoms with van der Waals surface area (Å²) < 4.78 is 0. The molecule has 3 amide bonds. The molecule has 8 nitrogen and oxygen atoms in total. The summed E-state index contributed by atoms with van der Waals surface area (Å²) in [5.74, 6) is 0.146. The van der Waals surface area contributed by atoms with E-state index < -0.39 is 0 Å². The molecule has 30 heavy (non-hydrogen) atoms. The zero-order chi connectivity index (χ0) is 21.3. The lowest BCUT2D eigenvalue weighted by Gasteiger charge is -2.37. The maximum atomic E-state index is 12.9. The van der Waals surface area contributed by atoms with Crippen LogP contribution in [0.3, 0.4) is 0 Å². The molecule has 1 fully saturated rings. The van der Waals surface area contributed by atoms with Gasteiger partial charge in [-0.2, -0.15) is 0 Å². The minimum Gasteiger partial charge on any atom is -0.363 e. The fourth-order valence-corrected chi connectivity index (χ4v) is 3.80. The molecular weight excluding hydrogens is 382 g/mol. The number of benzene rings is 1. The van der Waals surface area contributed by atoms with Gasteiger partial charge in [0.05, 0.1) is 5.57 Å². The molecule has 2 aromatic rings. The lowest BCUT2D eigenvalue weighted by molar-refractivity contribution is -0.136. The molecule has 1 saturated heterocycles. The van der Waals surface area contributed by atoms with E-state index in [1.54, 1.807) is 30.5 Å². The summed E-state index contributed by atoms with van der Waals surface area (Å²) in [6, 6.07) is 12.8. The predicted octanol–water partition coefficient (Wildman–Crippen LogP) is 1.57. The average Bonchev–Trinajstić information content (AvgIpc) is 2.99. The van der Waals surface area contributed by atoms with Crippen LogP contribution in [0.15, 0.2) is 54.4 Å². The quantitative estimate of drug-likeness (QED) is 0.778. The molecule has 154 valence electrons. The summed E-state index contributed by atoms with van der Waals surface area (Å²) in [6.45, 7) is 4.09. The number of carbonyl (C=O) groups excluding carboxylic acids is 3. The molecular formula is C22H23N5O3. The van der Waals surface area contributed by atoms with Gasteiger partial charge in [-0.1, -0.05) is 18.2 Å². The second kappa shape index (κ2) is 7.98. The number of pyridine rings is 1. The Morgan fingerprint density at radius 1 is 0.933 bits per heavy atom. The predicted molar refractivity (Wildman–Crippen MR) is 113 cm³/mol. The highest BCUT2D eigenvalue weighted by molar-refractivity contribution is 6.35. The maximum absolute atomic E-state index is 12.9. The number of imide groups is 1. The molecule has 1 N–H and O–H groups in total. The van der Waals surface area contributed by atoms with Gasteiger partial charge in [0.15, 0.2) is 0 Å². The molecule has 3 heterocycles. The molecule has 0 aliphatic carbocycles. The van der Waals surface area contributed by atoms with E-state index in [0.717, 1.165) is 10.7 Å². The number of aromatic nitrogens is 1. The summed E-state index contributed by atoms with van der Waals surface area (Å²) >= 11 is 0. The van der Waals surface area contributed by atoms with Gasteiger partial charge in [0.1, 0.15) is 11.5 Å². The molecule has 8 heteroatoms. The lowest BCUT2D eigenvalue weighted by Crippen LogP contribution is -2.47. The van der Waals surface area contributed by atoms with E-state index in [4.69, 9.17) is 0 Å². The molecule has 4 rings (SSSR count). The second-order valence-electron chi connectivity index (χ2n) is 7.31. The van der Waals surface area contributed by atoms with Crippen molar-refractivity contribution < 1.29 is 14.4 Å². The first-order valence-electron chi connectivity index (χ1n) is 9.81. The van der Waals surface area contributed by atoms with Gasteiger partial charge in [0.2, 0.25) is 5.91 Å². The smallest absolute Gasteiger partial charge is 0.277 e. The molecule has 0 saturated carbocycles. The van der Waals surface area contributed by atoms with Crippen LogP contribution in [0.5, 0.6) is 0 Å². The Morgan fingerprint density at radius 3 is 2.20 bits per heavy atom. The molecule has 2 aliphatic heterocycles. The highest BCUT2D eigenvalue weighted by Crippen LogP contribution is 2.32. The third-order valence-corrected chi connectivity index (χ3v) is 5.33. The van der Waals surface area contributed by atoms with E-state index >= 15 is 0 Å². The first-order chi connectivity index (χ1) is 14.5. The van der Waals surface area contributed by atoms with Gasteiger partial charge in [-0.25, -0.2) is 4.98 Å². The molecule has 0 radical (unpaired) electrons. The van der Waals surface area contributed by atoms with Crippen LogP contribution < -0.4 is 10.2 Å². The summed E-state index contributed by atoms with van der Waals surface area (Å²) in [5.41, 5.74) is 2.15. The number of nitrogens with one attached hydrogen (secondary N) is 1. The Labute approximate surface area is 174 Å². The van der Waals surface area contributed by atoms with E-state index in [9.17, 15) is 14.4 Å². The van der Waals surface area contributed by atoms with Gasteiger partial charge in [-0.05, 0) is 29.8 Å². The highest BCUT2D eigenvalue weighted by Gasteiger charge is 2.40. The van der Waals surface area contributed by atoms with Gasteiger partial charge >= 0.3 is 0 Å². The van der Waals surface area contributed by atoms with Crippen LogP contribution in [-0.4, -0.2) is 65.7 Å². The summed E-state index contributed by atoms with van der Waals surface area (Å²) in [5, 5.41) is 2.71. The maximum Gasteiger partial charge on any atom is 0.277 e. The molecule has 0 spiro atoms. The Hall–Kier alpha value is -3.68. The van der Waals surface area contributed by atoms with Gasteiger partial charge in [-0.3, -0.25) is 19.3 Å². The summed E-state index contributed by atoms with van der Waals surface area (Å²) in [7, 11) is 1.51. The van der Waals surface area contributed by atoms with Crippen LogP contribution in [-0.2, 0) is 14.4 Å². The second-order valence-corrected chi connectivity index (χ2v) is 7.31. The van der Waals surface area contributed by atoms with E-state index in [2.05, 4.69) is 15.2 Å².